The molecule has 6 nitrogen and oxygen atoms in total. The van der Waals surface area contributed by atoms with E-state index < -0.39 is 0 Å². The second kappa shape index (κ2) is 9.03. The first-order valence-electron chi connectivity index (χ1n) is 10.4. The quantitative estimate of drug-likeness (QED) is 0.737. The Labute approximate surface area is 164 Å². The number of methoxy groups -OCH3 is 1. The van der Waals surface area contributed by atoms with Gasteiger partial charge in [-0.2, -0.15) is 5.10 Å². The van der Waals surface area contributed by atoms with E-state index in [1.165, 1.54) is 37.1 Å². The van der Waals surface area contributed by atoms with Crippen molar-refractivity contribution in [2.45, 2.75) is 39.0 Å². The van der Waals surface area contributed by atoms with E-state index in [0.29, 0.717) is 12.0 Å². The highest BCUT2D eigenvalue weighted by molar-refractivity contribution is 5.87. The number of hydrogen-bond donors (Lipinski definition) is 1. The lowest BCUT2D eigenvalue weighted by molar-refractivity contribution is 0.0339. The highest BCUT2D eigenvalue weighted by Crippen LogP contribution is 2.49. The molecule has 0 bridgehead atoms. The summed E-state index contributed by atoms with van der Waals surface area (Å²) in [5.41, 5.74) is 3.12. The molecular weight excluding hydrogens is 340 g/mol. The van der Waals surface area contributed by atoms with E-state index in [9.17, 15) is 0 Å². The monoisotopic (exact) mass is 378 g/mol. The summed E-state index contributed by atoms with van der Waals surface area (Å²) in [5.74, 6) is 0. The molecule has 0 radical (unpaired) electrons. The lowest BCUT2D eigenvalue weighted by Gasteiger charge is -2.43. The Kier molecular flexibility index (Phi) is 6.95. The van der Waals surface area contributed by atoms with Crippen molar-refractivity contribution >= 4 is 5.71 Å². The zero-order valence-corrected chi connectivity index (χ0v) is 17.7. The molecule has 1 saturated carbocycles. The fourth-order valence-electron chi connectivity index (χ4n) is 4.74. The van der Waals surface area contributed by atoms with E-state index in [1.54, 1.807) is 0 Å². The number of ether oxygens (including phenoxy) is 2. The average Bonchev–Trinajstić information content (AvgIpc) is 2.79. The Morgan fingerprint density at radius 2 is 2.11 bits per heavy atom. The zero-order chi connectivity index (χ0) is 19.3. The Balaban J connectivity index is 1.76. The normalized spacial score (nSPS) is 31.5. The van der Waals surface area contributed by atoms with Gasteiger partial charge >= 0.3 is 0 Å². The van der Waals surface area contributed by atoms with Crippen LogP contribution in [0.5, 0.6) is 0 Å². The van der Waals surface area contributed by atoms with E-state index in [2.05, 4.69) is 35.3 Å². The van der Waals surface area contributed by atoms with Gasteiger partial charge in [0.15, 0.2) is 0 Å². The van der Waals surface area contributed by atoms with Crippen LogP contribution in [0.25, 0.3) is 0 Å². The van der Waals surface area contributed by atoms with Crippen molar-refractivity contribution < 1.29 is 9.47 Å². The lowest BCUT2D eigenvalue weighted by Crippen LogP contribution is -2.38. The minimum atomic E-state index is 0.223. The third kappa shape index (κ3) is 5.31. The highest BCUT2D eigenvalue weighted by Gasteiger charge is 2.42. The molecular formula is C21H38N4O2. The van der Waals surface area contributed by atoms with Gasteiger partial charge in [-0.05, 0) is 57.0 Å². The fourth-order valence-corrected chi connectivity index (χ4v) is 4.74. The summed E-state index contributed by atoms with van der Waals surface area (Å²) in [5, 5.41) is 10.5. The first-order chi connectivity index (χ1) is 13.0. The van der Waals surface area contributed by atoms with E-state index in [4.69, 9.17) is 14.6 Å². The maximum atomic E-state index is 5.76. The molecule has 1 aliphatic carbocycles. The first kappa shape index (κ1) is 20.8. The topological polar surface area (TPSA) is 49.3 Å². The van der Waals surface area contributed by atoms with Crippen LogP contribution >= 0.6 is 0 Å². The maximum Gasteiger partial charge on any atom is 0.0882 e. The molecule has 1 saturated heterocycles. The van der Waals surface area contributed by atoms with Crippen LogP contribution in [0.15, 0.2) is 16.9 Å². The first-order valence-corrected chi connectivity index (χ1v) is 10.4. The fraction of sp³-hybridized carbons (Fsp3) is 0.857. The molecule has 2 aliphatic heterocycles. The van der Waals surface area contributed by atoms with Gasteiger partial charge in [0.05, 0.1) is 37.8 Å². The SMILES string of the molecule is CNCCN(C)CC1=NN2CCOCC2=C[C@]2(CC[C@@](C)(COC)CC2)C1. The van der Waals surface area contributed by atoms with Crippen molar-refractivity contribution in [1.82, 2.24) is 15.2 Å². The number of morpholine rings is 1. The Morgan fingerprint density at radius 1 is 1.33 bits per heavy atom. The van der Waals surface area contributed by atoms with Crippen molar-refractivity contribution in [2.24, 2.45) is 15.9 Å². The number of nitrogens with one attached hydrogen (secondary N) is 1. The summed E-state index contributed by atoms with van der Waals surface area (Å²) in [6.45, 7) is 8.56. The predicted molar refractivity (Wildman–Crippen MR) is 110 cm³/mol. The molecule has 0 aromatic heterocycles. The van der Waals surface area contributed by atoms with Crippen molar-refractivity contribution in [2.75, 3.05) is 67.2 Å². The molecule has 0 unspecified atom stereocenters. The molecule has 0 atom stereocenters. The second-order valence-corrected chi connectivity index (χ2v) is 9.10. The summed E-state index contributed by atoms with van der Waals surface area (Å²) < 4.78 is 11.3. The van der Waals surface area contributed by atoms with E-state index in [-0.39, 0.29) is 5.41 Å². The van der Waals surface area contributed by atoms with Crippen LogP contribution in [0.2, 0.25) is 0 Å². The Hall–Kier alpha value is -0.950. The minimum absolute atomic E-state index is 0.223. The van der Waals surface area contributed by atoms with Crippen molar-refractivity contribution in [3.8, 4) is 0 Å². The van der Waals surface area contributed by atoms with E-state index in [1.807, 2.05) is 14.2 Å². The summed E-state index contributed by atoms with van der Waals surface area (Å²) in [4.78, 5) is 2.38. The smallest absolute Gasteiger partial charge is 0.0882 e. The molecule has 154 valence electrons. The summed E-state index contributed by atoms with van der Waals surface area (Å²) in [6.07, 6.45) is 8.44. The molecule has 1 spiro atoms. The molecule has 0 aromatic carbocycles. The number of rotatable bonds is 7. The van der Waals surface area contributed by atoms with Crippen LogP contribution in [0, 0.1) is 10.8 Å². The van der Waals surface area contributed by atoms with Gasteiger partial charge < -0.3 is 14.8 Å². The molecule has 2 heterocycles. The number of allylic oxidation sites excluding steroid dienone is 1. The second-order valence-electron chi connectivity index (χ2n) is 9.10. The molecule has 1 N–H and O–H groups in total. The van der Waals surface area contributed by atoms with Gasteiger partial charge in [-0.1, -0.05) is 13.0 Å². The van der Waals surface area contributed by atoms with E-state index in [0.717, 1.165) is 45.8 Å². The lowest BCUT2D eigenvalue weighted by atomic mass is 9.62. The van der Waals surface area contributed by atoms with Crippen LogP contribution in [-0.2, 0) is 9.47 Å². The van der Waals surface area contributed by atoms with Gasteiger partial charge in [0, 0.05) is 26.7 Å². The molecule has 27 heavy (non-hydrogen) atoms. The number of fused-ring (bicyclic) bond motifs is 1. The van der Waals surface area contributed by atoms with Gasteiger partial charge in [0.25, 0.3) is 0 Å². The molecule has 0 amide bonds. The Bertz CT molecular complexity index is 552. The van der Waals surface area contributed by atoms with Gasteiger partial charge in [0.2, 0.25) is 0 Å². The molecule has 3 aliphatic rings. The Morgan fingerprint density at radius 3 is 2.81 bits per heavy atom. The maximum absolute atomic E-state index is 5.76. The van der Waals surface area contributed by atoms with Crippen LogP contribution < -0.4 is 5.32 Å². The van der Waals surface area contributed by atoms with E-state index >= 15 is 0 Å². The van der Waals surface area contributed by atoms with Gasteiger partial charge in [-0.15, -0.1) is 0 Å². The number of hydrogen-bond acceptors (Lipinski definition) is 6. The number of hydrazone groups is 1. The zero-order valence-electron chi connectivity index (χ0n) is 17.7. The minimum Gasteiger partial charge on any atom is -0.384 e. The third-order valence-electron chi connectivity index (χ3n) is 6.46. The molecule has 0 aromatic rings. The van der Waals surface area contributed by atoms with Crippen molar-refractivity contribution in [3.05, 3.63) is 11.8 Å². The summed E-state index contributed by atoms with van der Waals surface area (Å²) >= 11 is 0. The van der Waals surface area contributed by atoms with Crippen molar-refractivity contribution in [3.63, 3.8) is 0 Å². The van der Waals surface area contributed by atoms with Gasteiger partial charge in [-0.25, -0.2) is 0 Å². The van der Waals surface area contributed by atoms with Gasteiger partial charge in [-0.3, -0.25) is 9.91 Å². The van der Waals surface area contributed by atoms with Crippen LogP contribution in [0.4, 0.5) is 0 Å². The molecule has 3 rings (SSSR count). The average molecular weight is 379 g/mol. The van der Waals surface area contributed by atoms with Crippen LogP contribution in [0.1, 0.15) is 39.0 Å². The number of nitrogens with zero attached hydrogens (tertiary/aromatic N) is 3. The van der Waals surface area contributed by atoms with Crippen LogP contribution in [0.3, 0.4) is 0 Å². The predicted octanol–water partition coefficient (Wildman–Crippen LogP) is 2.33. The summed E-state index contributed by atoms with van der Waals surface area (Å²) in [6, 6.07) is 0. The van der Waals surface area contributed by atoms with Crippen LogP contribution in [-0.4, -0.2) is 82.8 Å². The third-order valence-corrected chi connectivity index (χ3v) is 6.46. The van der Waals surface area contributed by atoms with Crippen molar-refractivity contribution in [1.29, 1.82) is 0 Å². The molecule has 2 fully saturated rings. The summed E-state index contributed by atoms with van der Waals surface area (Å²) in [7, 11) is 6.03. The molecule has 6 heteroatoms. The number of likely N-dealkylation sites (N-methyl/N-ethyl adjacent to an activating group) is 2. The largest absolute Gasteiger partial charge is 0.384 e. The standard InChI is InChI=1S/C21H38N4O2/c1-20(17-26-4)5-7-21(8-6-20)13-18(15-24(3)10-9-22-2)23-25-11-12-27-16-19(25)14-21/h14,22H,5-13,15-17H2,1-4H3/t20-,21+. The van der Waals surface area contributed by atoms with Gasteiger partial charge in [0.1, 0.15) is 0 Å². The highest BCUT2D eigenvalue weighted by atomic mass is 16.5.